The highest BCUT2D eigenvalue weighted by Crippen LogP contribution is 2.32. The molecule has 2 aromatic carbocycles. The van der Waals surface area contributed by atoms with Crippen LogP contribution in [0.25, 0.3) is 0 Å². The molecular weight excluding hydrogens is 375 g/mol. The number of halogens is 1. The molecule has 1 aliphatic heterocycles. The minimum Gasteiger partial charge on any atom is -0.479 e. The van der Waals surface area contributed by atoms with Gasteiger partial charge in [0.15, 0.2) is 15.9 Å². The van der Waals surface area contributed by atoms with Crippen LogP contribution in [0.5, 0.6) is 5.75 Å². The summed E-state index contributed by atoms with van der Waals surface area (Å²) in [5.74, 6) is -1.26. The van der Waals surface area contributed by atoms with E-state index in [1.54, 1.807) is 19.1 Å². The predicted octanol–water partition coefficient (Wildman–Crippen LogP) is 2.35. The van der Waals surface area contributed by atoms with Gasteiger partial charge in [0.1, 0.15) is 11.6 Å². The van der Waals surface area contributed by atoms with Gasteiger partial charge >= 0.3 is 0 Å². The van der Waals surface area contributed by atoms with Crippen LogP contribution in [-0.4, -0.2) is 32.1 Å². The molecule has 0 saturated heterocycles. The Morgan fingerprint density at radius 1 is 1.22 bits per heavy atom. The van der Waals surface area contributed by atoms with Crippen LogP contribution in [0, 0.1) is 5.82 Å². The summed E-state index contributed by atoms with van der Waals surface area (Å²) in [5, 5.41) is 5.24. The molecule has 0 aromatic heterocycles. The maximum atomic E-state index is 12.9. The number of benzene rings is 2. The van der Waals surface area contributed by atoms with E-state index in [0.717, 1.165) is 24.3 Å². The van der Waals surface area contributed by atoms with Crippen molar-refractivity contribution in [2.45, 2.75) is 24.3 Å². The number of amides is 2. The number of rotatable bonds is 5. The monoisotopic (exact) mass is 392 g/mol. The van der Waals surface area contributed by atoms with Crippen LogP contribution in [0.4, 0.5) is 15.8 Å². The highest BCUT2D eigenvalue weighted by molar-refractivity contribution is 7.91. The van der Waals surface area contributed by atoms with Gasteiger partial charge in [-0.05, 0) is 49.4 Å². The minimum atomic E-state index is -3.70. The van der Waals surface area contributed by atoms with Gasteiger partial charge in [-0.1, -0.05) is 0 Å². The van der Waals surface area contributed by atoms with Crippen molar-refractivity contribution in [3.8, 4) is 5.75 Å². The van der Waals surface area contributed by atoms with Crippen LogP contribution < -0.4 is 15.4 Å². The Hall–Kier alpha value is -2.94. The van der Waals surface area contributed by atoms with Gasteiger partial charge in [0.05, 0.1) is 16.3 Å². The summed E-state index contributed by atoms with van der Waals surface area (Å²) in [6.07, 6.45) is -0.869. The number of carbonyl (C=O) groups excluding carboxylic acids is 2. The quantitative estimate of drug-likeness (QED) is 0.761. The lowest BCUT2D eigenvalue weighted by Gasteiger charge is -2.23. The third-order valence-electron chi connectivity index (χ3n) is 3.96. The van der Waals surface area contributed by atoms with Crippen molar-refractivity contribution in [1.29, 1.82) is 0 Å². The van der Waals surface area contributed by atoms with Crippen molar-refractivity contribution >= 4 is 33.0 Å². The van der Waals surface area contributed by atoms with Crippen molar-refractivity contribution < 1.29 is 27.1 Å². The fourth-order valence-electron chi connectivity index (χ4n) is 2.50. The molecule has 142 valence electrons. The SMILES string of the molecule is C[C@@H]1Oc2ccc(NC(=O)CCS(=O)(=O)c3ccc(F)cc3)cc2NC1=O. The van der Waals surface area contributed by atoms with Gasteiger partial charge in [-0.25, -0.2) is 12.8 Å². The van der Waals surface area contributed by atoms with Gasteiger partial charge in [0.2, 0.25) is 5.91 Å². The van der Waals surface area contributed by atoms with Crippen LogP contribution in [-0.2, 0) is 19.4 Å². The van der Waals surface area contributed by atoms with Gasteiger partial charge in [-0.15, -0.1) is 0 Å². The number of hydrogen-bond donors (Lipinski definition) is 2. The molecule has 7 nitrogen and oxygen atoms in total. The molecule has 2 amide bonds. The fourth-order valence-corrected chi connectivity index (χ4v) is 3.74. The summed E-state index contributed by atoms with van der Waals surface area (Å²) in [6.45, 7) is 1.62. The van der Waals surface area contributed by atoms with Crippen LogP contribution in [0.2, 0.25) is 0 Å². The van der Waals surface area contributed by atoms with Crippen LogP contribution in [0.1, 0.15) is 13.3 Å². The lowest BCUT2D eigenvalue weighted by atomic mass is 10.2. The van der Waals surface area contributed by atoms with Gasteiger partial charge < -0.3 is 15.4 Å². The first-order chi connectivity index (χ1) is 12.7. The second-order valence-electron chi connectivity index (χ2n) is 6.03. The molecule has 0 radical (unpaired) electrons. The van der Waals surface area contributed by atoms with Crippen LogP contribution >= 0.6 is 0 Å². The Balaban J connectivity index is 1.62. The van der Waals surface area contributed by atoms with Crippen molar-refractivity contribution in [3.63, 3.8) is 0 Å². The van der Waals surface area contributed by atoms with E-state index in [1.807, 2.05) is 0 Å². The zero-order valence-corrected chi connectivity index (χ0v) is 15.2. The molecular formula is C18H17FN2O5S. The number of fused-ring (bicyclic) bond motifs is 1. The zero-order chi connectivity index (χ0) is 19.6. The first-order valence-electron chi connectivity index (χ1n) is 8.14. The van der Waals surface area contributed by atoms with Gasteiger partial charge in [-0.3, -0.25) is 9.59 Å². The molecule has 1 heterocycles. The van der Waals surface area contributed by atoms with E-state index in [1.165, 1.54) is 6.07 Å². The molecule has 0 spiro atoms. The average molecular weight is 392 g/mol. The largest absolute Gasteiger partial charge is 0.479 e. The number of sulfone groups is 1. The van der Waals surface area contributed by atoms with Crippen molar-refractivity contribution in [2.24, 2.45) is 0 Å². The average Bonchev–Trinajstić information content (AvgIpc) is 2.62. The number of carbonyl (C=O) groups is 2. The second-order valence-corrected chi connectivity index (χ2v) is 8.14. The smallest absolute Gasteiger partial charge is 0.265 e. The molecule has 0 fully saturated rings. The van der Waals surface area contributed by atoms with Gasteiger partial charge in [0, 0.05) is 12.1 Å². The Labute approximate surface area is 155 Å². The second kappa shape index (κ2) is 7.36. The van der Waals surface area contributed by atoms with E-state index in [-0.39, 0.29) is 17.2 Å². The summed E-state index contributed by atoms with van der Waals surface area (Å²) in [5.41, 5.74) is 0.825. The first kappa shape index (κ1) is 18.8. The highest BCUT2D eigenvalue weighted by Gasteiger charge is 2.24. The molecule has 2 N–H and O–H groups in total. The van der Waals surface area contributed by atoms with E-state index in [2.05, 4.69) is 10.6 Å². The van der Waals surface area contributed by atoms with E-state index in [4.69, 9.17) is 4.74 Å². The molecule has 1 aliphatic rings. The lowest BCUT2D eigenvalue weighted by Crippen LogP contribution is -2.34. The zero-order valence-electron chi connectivity index (χ0n) is 14.4. The summed E-state index contributed by atoms with van der Waals surface area (Å²) >= 11 is 0. The number of nitrogens with one attached hydrogen (secondary N) is 2. The molecule has 27 heavy (non-hydrogen) atoms. The third-order valence-corrected chi connectivity index (χ3v) is 5.70. The standard InChI is InChI=1S/C18H17FN2O5S/c1-11-18(23)21-15-10-13(4-7-16(15)26-11)20-17(22)8-9-27(24,25)14-5-2-12(19)3-6-14/h2-7,10-11H,8-9H2,1H3,(H,20,22)(H,21,23)/t11-/m0/s1. The summed E-state index contributed by atoms with van der Waals surface area (Å²) in [7, 11) is -3.70. The highest BCUT2D eigenvalue weighted by atomic mass is 32.2. The Kier molecular flexibility index (Phi) is 5.13. The third kappa shape index (κ3) is 4.43. The molecule has 2 aromatic rings. The molecule has 0 bridgehead atoms. The van der Waals surface area contributed by atoms with Gasteiger partial charge in [0.25, 0.3) is 5.91 Å². The van der Waals surface area contributed by atoms with Crippen LogP contribution in [0.3, 0.4) is 0 Å². The minimum absolute atomic E-state index is 0.0422. The van der Waals surface area contributed by atoms with Crippen molar-refractivity contribution in [3.05, 3.63) is 48.3 Å². The van der Waals surface area contributed by atoms with E-state index in [9.17, 15) is 22.4 Å². The van der Waals surface area contributed by atoms with Crippen molar-refractivity contribution in [2.75, 3.05) is 16.4 Å². The topological polar surface area (TPSA) is 102 Å². The molecule has 0 unspecified atom stereocenters. The number of hydrogen-bond acceptors (Lipinski definition) is 5. The Morgan fingerprint density at radius 3 is 2.63 bits per heavy atom. The molecule has 3 rings (SSSR count). The van der Waals surface area contributed by atoms with E-state index < -0.39 is 33.4 Å². The molecule has 9 heteroatoms. The number of ether oxygens (including phenoxy) is 1. The Morgan fingerprint density at radius 2 is 1.93 bits per heavy atom. The summed E-state index contributed by atoms with van der Waals surface area (Å²) < 4.78 is 42.7. The lowest BCUT2D eigenvalue weighted by molar-refractivity contribution is -0.122. The van der Waals surface area contributed by atoms with Crippen molar-refractivity contribution in [1.82, 2.24) is 0 Å². The normalized spacial score (nSPS) is 16.1. The number of anilines is 2. The van der Waals surface area contributed by atoms with E-state index >= 15 is 0 Å². The molecule has 0 aliphatic carbocycles. The Bertz CT molecular complexity index is 989. The summed E-state index contributed by atoms with van der Waals surface area (Å²) in [6, 6.07) is 9.16. The van der Waals surface area contributed by atoms with E-state index in [0.29, 0.717) is 17.1 Å². The predicted molar refractivity (Wildman–Crippen MR) is 96.9 cm³/mol. The molecule has 1 atom stereocenters. The van der Waals surface area contributed by atoms with Crippen LogP contribution in [0.15, 0.2) is 47.4 Å². The first-order valence-corrected chi connectivity index (χ1v) is 9.79. The molecule has 0 saturated carbocycles. The maximum Gasteiger partial charge on any atom is 0.265 e. The fraction of sp³-hybridized carbons (Fsp3) is 0.222. The maximum absolute atomic E-state index is 12.9. The van der Waals surface area contributed by atoms with Gasteiger partial charge in [-0.2, -0.15) is 0 Å². The summed E-state index contributed by atoms with van der Waals surface area (Å²) in [4.78, 5) is 23.7.